The summed E-state index contributed by atoms with van der Waals surface area (Å²) >= 11 is 5.86. The summed E-state index contributed by atoms with van der Waals surface area (Å²) in [4.78, 5) is 12.4. The zero-order valence-electron chi connectivity index (χ0n) is 12.2. The predicted octanol–water partition coefficient (Wildman–Crippen LogP) is 4.44. The van der Waals surface area contributed by atoms with Gasteiger partial charge in [-0.25, -0.2) is 0 Å². The standard InChI is InChI=1S/C18H17ClO2/c1-18(2)11-21-17-8-5-13(10-15(17)18)16(20)9-12-3-6-14(19)7-4-12/h3-8,10H,9,11H2,1-2H3. The Morgan fingerprint density at radius 2 is 1.90 bits per heavy atom. The molecule has 0 aromatic heterocycles. The predicted molar refractivity (Wildman–Crippen MR) is 84.4 cm³/mol. The van der Waals surface area contributed by atoms with Crippen molar-refractivity contribution >= 4 is 17.4 Å². The van der Waals surface area contributed by atoms with E-state index in [0.717, 1.165) is 22.4 Å². The Labute approximate surface area is 129 Å². The molecule has 0 aliphatic carbocycles. The highest BCUT2D eigenvalue weighted by atomic mass is 35.5. The molecule has 3 heteroatoms. The van der Waals surface area contributed by atoms with Crippen molar-refractivity contribution in [2.75, 3.05) is 6.61 Å². The summed E-state index contributed by atoms with van der Waals surface area (Å²) < 4.78 is 5.65. The van der Waals surface area contributed by atoms with Crippen molar-refractivity contribution in [3.05, 3.63) is 64.2 Å². The second-order valence-corrected chi connectivity index (χ2v) is 6.55. The van der Waals surface area contributed by atoms with E-state index in [0.29, 0.717) is 18.1 Å². The first kappa shape index (κ1) is 14.2. The molecule has 0 saturated heterocycles. The van der Waals surface area contributed by atoms with Crippen LogP contribution < -0.4 is 4.74 Å². The number of hydrogen-bond acceptors (Lipinski definition) is 2. The lowest BCUT2D eigenvalue weighted by Gasteiger charge is -2.15. The summed E-state index contributed by atoms with van der Waals surface area (Å²) in [6, 6.07) is 13.1. The summed E-state index contributed by atoms with van der Waals surface area (Å²) in [6.45, 7) is 4.93. The molecule has 1 aliphatic heterocycles. The third-order valence-corrected chi connectivity index (χ3v) is 4.15. The van der Waals surface area contributed by atoms with Crippen LogP contribution in [0.2, 0.25) is 5.02 Å². The maximum Gasteiger partial charge on any atom is 0.167 e. The van der Waals surface area contributed by atoms with Gasteiger partial charge in [0.1, 0.15) is 5.75 Å². The van der Waals surface area contributed by atoms with Crippen molar-refractivity contribution < 1.29 is 9.53 Å². The zero-order valence-corrected chi connectivity index (χ0v) is 12.9. The zero-order chi connectivity index (χ0) is 15.0. The second kappa shape index (κ2) is 5.19. The van der Waals surface area contributed by atoms with Crippen LogP contribution in [0.4, 0.5) is 0 Å². The quantitative estimate of drug-likeness (QED) is 0.784. The fourth-order valence-electron chi connectivity index (χ4n) is 2.58. The molecule has 0 spiro atoms. The number of carbonyl (C=O) groups is 1. The topological polar surface area (TPSA) is 26.3 Å². The molecule has 3 rings (SSSR count). The van der Waals surface area contributed by atoms with Crippen LogP contribution in [0, 0.1) is 0 Å². The number of hydrogen-bond donors (Lipinski definition) is 0. The average Bonchev–Trinajstić information content (AvgIpc) is 2.77. The summed E-state index contributed by atoms with van der Waals surface area (Å²) in [5, 5.41) is 0.683. The van der Waals surface area contributed by atoms with Crippen LogP contribution in [0.25, 0.3) is 0 Å². The van der Waals surface area contributed by atoms with Crippen LogP contribution in [-0.2, 0) is 11.8 Å². The van der Waals surface area contributed by atoms with Gasteiger partial charge in [0, 0.05) is 28.0 Å². The number of carbonyl (C=O) groups excluding carboxylic acids is 1. The number of ketones is 1. The van der Waals surface area contributed by atoms with Crippen LogP contribution >= 0.6 is 11.6 Å². The second-order valence-electron chi connectivity index (χ2n) is 6.11. The highest BCUT2D eigenvalue weighted by molar-refractivity contribution is 6.30. The van der Waals surface area contributed by atoms with Gasteiger partial charge in [-0.2, -0.15) is 0 Å². The van der Waals surface area contributed by atoms with Crippen molar-refractivity contribution in [1.82, 2.24) is 0 Å². The molecule has 1 aliphatic rings. The molecular weight excluding hydrogens is 284 g/mol. The van der Waals surface area contributed by atoms with E-state index in [1.165, 1.54) is 0 Å². The molecule has 0 amide bonds. The molecule has 0 radical (unpaired) electrons. The number of halogens is 1. The fourth-order valence-corrected chi connectivity index (χ4v) is 2.71. The lowest BCUT2D eigenvalue weighted by molar-refractivity contribution is 0.0993. The normalized spacial score (nSPS) is 15.4. The van der Waals surface area contributed by atoms with Crippen LogP contribution in [0.5, 0.6) is 5.75 Å². The molecule has 2 nitrogen and oxygen atoms in total. The number of rotatable bonds is 3. The van der Waals surface area contributed by atoms with Gasteiger partial charge < -0.3 is 4.74 Å². The van der Waals surface area contributed by atoms with Gasteiger partial charge in [-0.1, -0.05) is 37.6 Å². The molecule has 0 bridgehead atoms. The summed E-state index contributed by atoms with van der Waals surface area (Å²) in [6.07, 6.45) is 0.386. The Kier molecular flexibility index (Phi) is 3.50. The van der Waals surface area contributed by atoms with Gasteiger partial charge in [0.15, 0.2) is 5.78 Å². The Balaban J connectivity index is 1.84. The molecule has 0 N–H and O–H groups in total. The van der Waals surface area contributed by atoms with E-state index < -0.39 is 0 Å². The number of ether oxygens (including phenoxy) is 1. The van der Waals surface area contributed by atoms with Crippen molar-refractivity contribution in [2.24, 2.45) is 0 Å². The van der Waals surface area contributed by atoms with Gasteiger partial charge in [-0.15, -0.1) is 0 Å². The van der Waals surface area contributed by atoms with Gasteiger partial charge >= 0.3 is 0 Å². The van der Waals surface area contributed by atoms with Gasteiger partial charge in [-0.05, 0) is 35.9 Å². The Morgan fingerprint density at radius 3 is 2.62 bits per heavy atom. The average molecular weight is 301 g/mol. The third-order valence-electron chi connectivity index (χ3n) is 3.90. The fraction of sp³-hybridized carbons (Fsp3) is 0.278. The molecule has 0 fully saturated rings. The number of fused-ring (bicyclic) bond motifs is 1. The van der Waals surface area contributed by atoms with Crippen molar-refractivity contribution in [1.29, 1.82) is 0 Å². The lowest BCUT2D eigenvalue weighted by Crippen LogP contribution is -2.18. The molecule has 21 heavy (non-hydrogen) atoms. The highest BCUT2D eigenvalue weighted by Gasteiger charge is 2.32. The molecule has 2 aromatic rings. The molecule has 0 unspecified atom stereocenters. The van der Waals surface area contributed by atoms with Crippen LogP contribution in [0.1, 0.15) is 35.3 Å². The Morgan fingerprint density at radius 1 is 1.19 bits per heavy atom. The van der Waals surface area contributed by atoms with Crippen molar-refractivity contribution in [3.63, 3.8) is 0 Å². The van der Waals surface area contributed by atoms with Gasteiger partial charge in [0.05, 0.1) is 6.61 Å². The number of Topliss-reactive ketones (excluding diaryl/α,β-unsaturated/α-hetero) is 1. The first-order valence-electron chi connectivity index (χ1n) is 7.01. The first-order chi connectivity index (χ1) is 9.95. The van der Waals surface area contributed by atoms with E-state index in [9.17, 15) is 4.79 Å². The minimum Gasteiger partial charge on any atom is -0.492 e. The van der Waals surface area contributed by atoms with Crippen LogP contribution in [0.15, 0.2) is 42.5 Å². The lowest BCUT2D eigenvalue weighted by atomic mass is 9.85. The molecular formula is C18H17ClO2. The van der Waals surface area contributed by atoms with E-state index in [4.69, 9.17) is 16.3 Å². The summed E-state index contributed by atoms with van der Waals surface area (Å²) in [7, 11) is 0. The van der Waals surface area contributed by atoms with Crippen molar-refractivity contribution in [3.8, 4) is 5.75 Å². The molecule has 0 saturated carbocycles. The van der Waals surface area contributed by atoms with E-state index in [-0.39, 0.29) is 11.2 Å². The molecule has 108 valence electrons. The molecule has 1 heterocycles. The third kappa shape index (κ3) is 2.81. The first-order valence-corrected chi connectivity index (χ1v) is 7.38. The SMILES string of the molecule is CC1(C)COc2ccc(C(=O)Cc3ccc(Cl)cc3)cc21. The smallest absolute Gasteiger partial charge is 0.167 e. The Bertz CT molecular complexity index is 687. The monoisotopic (exact) mass is 300 g/mol. The summed E-state index contributed by atoms with van der Waals surface area (Å²) in [5.41, 5.74) is 2.79. The Hall–Kier alpha value is -1.80. The maximum absolute atomic E-state index is 12.4. The van der Waals surface area contributed by atoms with Crippen LogP contribution in [0.3, 0.4) is 0 Å². The van der Waals surface area contributed by atoms with Gasteiger partial charge in [0.25, 0.3) is 0 Å². The van der Waals surface area contributed by atoms with Gasteiger partial charge in [0.2, 0.25) is 0 Å². The maximum atomic E-state index is 12.4. The van der Waals surface area contributed by atoms with Crippen molar-refractivity contribution in [2.45, 2.75) is 25.7 Å². The minimum absolute atomic E-state index is 0.0358. The molecule has 2 aromatic carbocycles. The highest BCUT2D eigenvalue weighted by Crippen LogP contribution is 2.38. The summed E-state index contributed by atoms with van der Waals surface area (Å²) in [5.74, 6) is 1.01. The van der Waals surface area contributed by atoms with Crippen LogP contribution in [-0.4, -0.2) is 12.4 Å². The van der Waals surface area contributed by atoms with E-state index in [2.05, 4.69) is 13.8 Å². The minimum atomic E-state index is -0.0358. The van der Waals surface area contributed by atoms with E-state index in [1.54, 1.807) is 0 Å². The van der Waals surface area contributed by atoms with E-state index >= 15 is 0 Å². The van der Waals surface area contributed by atoms with Gasteiger partial charge in [-0.3, -0.25) is 4.79 Å². The number of benzene rings is 2. The molecule has 0 atom stereocenters. The van der Waals surface area contributed by atoms with E-state index in [1.807, 2.05) is 42.5 Å². The largest absolute Gasteiger partial charge is 0.492 e.